The summed E-state index contributed by atoms with van der Waals surface area (Å²) >= 11 is 0. The molecule has 78 valence electrons. The molecule has 4 heteroatoms. The minimum atomic E-state index is -1.21. The number of aliphatic hydroxyl groups is 1. The van der Waals surface area contributed by atoms with Crippen LogP contribution in [0.5, 0.6) is 0 Å². The van der Waals surface area contributed by atoms with Crippen molar-refractivity contribution in [2.24, 2.45) is 11.1 Å². The predicted octanol–water partition coefficient (Wildman–Crippen LogP) is 0.631. The molecule has 0 aromatic heterocycles. The van der Waals surface area contributed by atoms with Crippen molar-refractivity contribution < 1.29 is 14.6 Å². The van der Waals surface area contributed by atoms with Crippen LogP contribution in [-0.2, 0) is 9.53 Å². The molecule has 0 heterocycles. The van der Waals surface area contributed by atoms with Crippen LogP contribution in [0.1, 0.15) is 34.6 Å². The molecule has 0 amide bonds. The zero-order valence-corrected chi connectivity index (χ0v) is 8.92. The third-order valence-corrected chi connectivity index (χ3v) is 1.66. The number of esters is 1. The van der Waals surface area contributed by atoms with E-state index in [-0.39, 0.29) is 0 Å². The molecule has 0 aromatic carbocycles. The third-order valence-electron chi connectivity index (χ3n) is 1.66. The molecule has 0 bridgehead atoms. The Morgan fingerprint density at radius 2 is 1.69 bits per heavy atom. The summed E-state index contributed by atoms with van der Waals surface area (Å²) in [5.41, 5.74) is 3.63. The van der Waals surface area contributed by atoms with Gasteiger partial charge in [0.1, 0.15) is 17.2 Å². The van der Waals surface area contributed by atoms with Gasteiger partial charge in [-0.15, -0.1) is 0 Å². The lowest BCUT2D eigenvalue weighted by Crippen LogP contribution is -2.46. The number of rotatable bonds is 2. The van der Waals surface area contributed by atoms with Gasteiger partial charge < -0.3 is 15.6 Å². The first kappa shape index (κ1) is 12.4. The van der Waals surface area contributed by atoms with Crippen LogP contribution in [0.2, 0.25) is 0 Å². The summed E-state index contributed by atoms with van der Waals surface area (Å²) in [7, 11) is 0. The average Bonchev–Trinajstić information content (AvgIpc) is 1.82. The Kier molecular flexibility index (Phi) is 3.47. The van der Waals surface area contributed by atoms with E-state index in [1.165, 1.54) is 0 Å². The molecule has 3 N–H and O–H groups in total. The van der Waals surface area contributed by atoms with E-state index >= 15 is 0 Å². The maximum absolute atomic E-state index is 11.5. The Hall–Kier alpha value is -0.610. The van der Waals surface area contributed by atoms with E-state index in [0.29, 0.717) is 0 Å². The van der Waals surface area contributed by atoms with Crippen LogP contribution in [-0.4, -0.2) is 22.9 Å². The predicted molar refractivity (Wildman–Crippen MR) is 49.8 cm³/mol. The first-order valence-electron chi connectivity index (χ1n) is 4.24. The number of carbonyl (C=O) groups is 1. The Morgan fingerprint density at radius 3 is 1.92 bits per heavy atom. The molecule has 1 unspecified atom stereocenters. The van der Waals surface area contributed by atoms with E-state index in [0.717, 1.165) is 0 Å². The van der Waals surface area contributed by atoms with Crippen molar-refractivity contribution in [2.45, 2.75) is 46.4 Å². The van der Waals surface area contributed by atoms with Crippen LogP contribution >= 0.6 is 0 Å². The zero-order chi connectivity index (χ0) is 10.9. The summed E-state index contributed by atoms with van der Waals surface area (Å²) in [5, 5.41) is 9.12. The minimum Gasteiger partial charge on any atom is -0.459 e. The smallest absolute Gasteiger partial charge is 0.316 e. The van der Waals surface area contributed by atoms with Crippen LogP contribution in [0, 0.1) is 5.41 Å². The molecule has 0 aliphatic carbocycles. The Morgan fingerprint density at radius 1 is 1.31 bits per heavy atom. The number of ether oxygens (including phenoxy) is 1. The molecule has 4 nitrogen and oxygen atoms in total. The van der Waals surface area contributed by atoms with Gasteiger partial charge in [0.25, 0.3) is 0 Å². The van der Waals surface area contributed by atoms with Crippen LogP contribution in [0.4, 0.5) is 0 Å². The first-order chi connectivity index (χ1) is 5.57. The number of hydrogen-bond acceptors (Lipinski definition) is 4. The second-order valence-electron chi connectivity index (χ2n) is 4.67. The van der Waals surface area contributed by atoms with Crippen LogP contribution in [0.3, 0.4) is 0 Å². The van der Waals surface area contributed by atoms with Gasteiger partial charge >= 0.3 is 5.97 Å². The Bertz CT molecular complexity index is 192. The topological polar surface area (TPSA) is 72.5 Å². The summed E-state index contributed by atoms with van der Waals surface area (Å²) in [6.45, 7) is 8.40. The minimum absolute atomic E-state index is 0.491. The normalized spacial score (nSPS) is 15.3. The van der Waals surface area contributed by atoms with Crippen molar-refractivity contribution in [3.63, 3.8) is 0 Å². The van der Waals surface area contributed by atoms with E-state index in [1.54, 1.807) is 34.6 Å². The van der Waals surface area contributed by atoms with Crippen LogP contribution < -0.4 is 5.73 Å². The van der Waals surface area contributed by atoms with Crippen molar-refractivity contribution in [2.75, 3.05) is 0 Å². The highest BCUT2D eigenvalue weighted by Crippen LogP contribution is 2.22. The number of carbonyl (C=O) groups excluding carboxylic acids is 1. The standard InChI is InChI=1S/C9H19NO3/c1-8(2,3)13-7(12)9(4,5)6(10)11/h6,11H,10H2,1-5H3. The summed E-state index contributed by atoms with van der Waals surface area (Å²) in [4.78, 5) is 11.5. The molecule has 0 aliphatic rings. The molecule has 0 saturated heterocycles. The molecular weight excluding hydrogens is 170 g/mol. The van der Waals surface area contributed by atoms with Gasteiger partial charge in [0, 0.05) is 0 Å². The fourth-order valence-corrected chi connectivity index (χ4v) is 0.530. The molecule has 0 fully saturated rings. The third kappa shape index (κ3) is 3.74. The van der Waals surface area contributed by atoms with Gasteiger partial charge in [-0.05, 0) is 34.6 Å². The molecule has 0 spiro atoms. The highest BCUT2D eigenvalue weighted by molar-refractivity contribution is 5.76. The summed E-state index contributed by atoms with van der Waals surface area (Å²) in [6, 6.07) is 0. The lowest BCUT2D eigenvalue weighted by Gasteiger charge is -2.29. The van der Waals surface area contributed by atoms with E-state index in [1.807, 2.05) is 0 Å². The second kappa shape index (κ2) is 3.64. The maximum Gasteiger partial charge on any atom is 0.316 e. The number of hydrogen-bond donors (Lipinski definition) is 2. The quantitative estimate of drug-likeness (QED) is 0.493. The van der Waals surface area contributed by atoms with E-state index in [4.69, 9.17) is 15.6 Å². The lowest BCUT2D eigenvalue weighted by molar-refractivity contribution is -0.171. The molecular formula is C9H19NO3. The summed E-state index contributed by atoms with van der Waals surface area (Å²) < 4.78 is 5.08. The van der Waals surface area contributed by atoms with E-state index < -0.39 is 23.2 Å². The van der Waals surface area contributed by atoms with Crippen molar-refractivity contribution >= 4 is 5.97 Å². The van der Waals surface area contributed by atoms with E-state index in [2.05, 4.69) is 0 Å². The molecule has 0 saturated carbocycles. The van der Waals surface area contributed by atoms with Gasteiger partial charge in [-0.25, -0.2) is 0 Å². The molecule has 0 radical (unpaired) electrons. The molecule has 1 atom stereocenters. The van der Waals surface area contributed by atoms with Gasteiger partial charge in [0.05, 0.1) is 0 Å². The van der Waals surface area contributed by atoms with Gasteiger partial charge in [-0.2, -0.15) is 0 Å². The second-order valence-corrected chi connectivity index (χ2v) is 4.67. The summed E-state index contributed by atoms with van der Waals surface area (Å²) in [6.07, 6.45) is -1.21. The van der Waals surface area contributed by atoms with Crippen molar-refractivity contribution in [3.05, 3.63) is 0 Å². The molecule has 13 heavy (non-hydrogen) atoms. The maximum atomic E-state index is 11.5. The lowest BCUT2D eigenvalue weighted by atomic mass is 9.91. The number of nitrogens with two attached hydrogens (primary N) is 1. The van der Waals surface area contributed by atoms with Crippen molar-refractivity contribution in [3.8, 4) is 0 Å². The Labute approximate surface area is 79.1 Å². The largest absolute Gasteiger partial charge is 0.459 e. The molecule has 0 aliphatic heterocycles. The monoisotopic (exact) mass is 189 g/mol. The number of aliphatic hydroxyl groups excluding tert-OH is 1. The first-order valence-corrected chi connectivity index (χ1v) is 4.24. The van der Waals surface area contributed by atoms with Crippen molar-refractivity contribution in [1.82, 2.24) is 0 Å². The van der Waals surface area contributed by atoms with Gasteiger partial charge in [0.2, 0.25) is 0 Å². The van der Waals surface area contributed by atoms with Gasteiger partial charge in [-0.3, -0.25) is 4.79 Å². The fourth-order valence-electron chi connectivity index (χ4n) is 0.530. The van der Waals surface area contributed by atoms with Gasteiger partial charge in [-0.1, -0.05) is 0 Å². The van der Waals surface area contributed by atoms with E-state index in [9.17, 15) is 4.79 Å². The van der Waals surface area contributed by atoms with Crippen molar-refractivity contribution in [1.29, 1.82) is 0 Å². The highest BCUT2D eigenvalue weighted by atomic mass is 16.6. The van der Waals surface area contributed by atoms with Crippen LogP contribution in [0.25, 0.3) is 0 Å². The van der Waals surface area contributed by atoms with Gasteiger partial charge in [0.15, 0.2) is 0 Å². The Balaban J connectivity index is 4.44. The zero-order valence-electron chi connectivity index (χ0n) is 8.92. The SMILES string of the molecule is CC(C)(C)OC(=O)C(C)(C)C(N)O. The summed E-state index contributed by atoms with van der Waals surface area (Å²) in [5.74, 6) is -0.491. The highest BCUT2D eigenvalue weighted by Gasteiger charge is 2.37. The molecule has 0 aromatic rings. The average molecular weight is 189 g/mol. The fraction of sp³-hybridized carbons (Fsp3) is 0.889. The van der Waals surface area contributed by atoms with Crippen LogP contribution in [0.15, 0.2) is 0 Å². The molecule has 0 rings (SSSR count).